The Balaban J connectivity index is 0. The lowest BCUT2D eigenvalue weighted by Crippen LogP contribution is -1.98. The van der Waals surface area contributed by atoms with Crippen molar-refractivity contribution in [3.05, 3.63) is 0 Å². The van der Waals surface area contributed by atoms with Crippen molar-refractivity contribution < 1.29 is 26.8 Å². The van der Waals surface area contributed by atoms with Gasteiger partial charge in [0.1, 0.15) is 14.1 Å². The molecule has 0 unspecified atom stereocenters. The molecular formula is C4H11NO5S. The predicted molar refractivity (Wildman–Crippen MR) is 37.5 cm³/mol. The molecule has 11 heavy (non-hydrogen) atoms. The molecule has 0 aromatic heterocycles. The summed E-state index contributed by atoms with van der Waals surface area (Å²) in [4.78, 5) is 0. The number of methoxy groups -OCH3 is 1. The fourth-order valence-corrected chi connectivity index (χ4v) is 0.211. The Bertz CT molecular complexity index is 195. The normalized spacial score (nSPS) is 9.18. The molecule has 0 aromatic carbocycles. The average molecular weight is 185 g/mol. The van der Waals surface area contributed by atoms with Crippen LogP contribution in [0.25, 0.3) is 0 Å². The number of hydrogen-bond donors (Lipinski definition) is 1. The van der Waals surface area contributed by atoms with E-state index in [4.69, 9.17) is 17.5 Å². The Morgan fingerprint density at radius 1 is 1.55 bits per heavy atom. The molecule has 0 bridgehead atoms. The summed E-state index contributed by atoms with van der Waals surface area (Å²) in [5, 5.41) is 0. The summed E-state index contributed by atoms with van der Waals surface area (Å²) in [7, 11) is 0.521. The number of ether oxygens (including phenoxy) is 1. The summed E-state index contributed by atoms with van der Waals surface area (Å²) >= 11 is 0. The molecule has 0 amide bonds. The number of nitrogens with zero attached hydrogens (tertiary/aromatic N) is 1. The van der Waals surface area contributed by atoms with Crippen LogP contribution in [0.4, 0.5) is 0 Å². The van der Waals surface area contributed by atoms with Crippen molar-refractivity contribution in [2.75, 3.05) is 21.2 Å². The molecule has 0 aliphatic rings. The molecule has 0 radical (unpaired) electrons. The molecule has 0 saturated heterocycles. The maximum absolute atomic E-state index is 8.63. The van der Waals surface area contributed by atoms with Crippen molar-refractivity contribution in [1.82, 2.24) is 0 Å². The fourth-order valence-electron chi connectivity index (χ4n) is 0.211. The highest BCUT2D eigenvalue weighted by Crippen LogP contribution is 1.58. The van der Waals surface area contributed by atoms with E-state index in [9.17, 15) is 0 Å². The Kier molecular flexibility index (Phi) is 7.16. The van der Waals surface area contributed by atoms with Gasteiger partial charge >= 0.3 is 6.40 Å². The molecule has 0 heterocycles. The summed E-state index contributed by atoms with van der Waals surface area (Å²) in [6, 6.07) is 0. The van der Waals surface area contributed by atoms with Crippen LogP contribution in [-0.4, -0.2) is 49.7 Å². The van der Waals surface area contributed by atoms with Gasteiger partial charge in [-0.05, 0) is 0 Å². The van der Waals surface area contributed by atoms with Crippen molar-refractivity contribution in [2.24, 2.45) is 0 Å². The van der Waals surface area contributed by atoms with Gasteiger partial charge in [0, 0.05) is 0 Å². The highest BCUT2D eigenvalue weighted by Gasteiger charge is 1.72. The van der Waals surface area contributed by atoms with Gasteiger partial charge in [-0.3, -0.25) is 4.55 Å². The van der Waals surface area contributed by atoms with E-state index in [0.717, 1.165) is 0 Å². The van der Waals surface area contributed by atoms with Crippen LogP contribution in [0.15, 0.2) is 0 Å². The van der Waals surface area contributed by atoms with Gasteiger partial charge in [-0.1, -0.05) is 0 Å². The zero-order valence-corrected chi connectivity index (χ0v) is 7.33. The summed E-state index contributed by atoms with van der Waals surface area (Å²) < 4.78 is 39.3. The van der Waals surface area contributed by atoms with Gasteiger partial charge < -0.3 is 9.29 Å². The molecule has 68 valence electrons. The molecule has 1 N–H and O–H groups in total. The first-order chi connectivity index (χ1) is 4.77. The Morgan fingerprint density at radius 2 is 1.82 bits per heavy atom. The number of rotatable bonds is 1. The second-order valence-corrected chi connectivity index (χ2v) is 2.59. The van der Waals surface area contributed by atoms with Crippen LogP contribution < -0.4 is 0 Å². The van der Waals surface area contributed by atoms with Gasteiger partial charge in [-0.15, -0.1) is 0 Å². The third-order valence-electron chi connectivity index (χ3n) is 0.316. The van der Waals surface area contributed by atoms with E-state index in [-0.39, 0.29) is 0 Å². The maximum Gasteiger partial charge on any atom is 0.322 e. The van der Waals surface area contributed by atoms with Gasteiger partial charge in [-0.25, -0.2) is 13.0 Å². The van der Waals surface area contributed by atoms with Crippen LogP contribution in [0.3, 0.4) is 0 Å². The standard InChI is InChI=1S/C4H10NO.H2O4S/c1-5(2)4-6-3;1-5(2,3)4/h4H,1-3H3;(H2,1,2,3,4)/q+1;/p-1. The van der Waals surface area contributed by atoms with E-state index in [0.29, 0.717) is 0 Å². The van der Waals surface area contributed by atoms with Crippen LogP contribution in [0, 0.1) is 0 Å². The molecule has 0 fully saturated rings. The lowest BCUT2D eigenvalue weighted by atomic mass is 11.1. The van der Waals surface area contributed by atoms with Gasteiger partial charge in [0.25, 0.3) is 0 Å². The topological polar surface area (TPSA) is 89.7 Å². The van der Waals surface area contributed by atoms with Crippen molar-refractivity contribution in [1.29, 1.82) is 0 Å². The largest absolute Gasteiger partial charge is 0.726 e. The molecule has 0 atom stereocenters. The van der Waals surface area contributed by atoms with Crippen LogP contribution in [0.1, 0.15) is 0 Å². The summed E-state index contributed by atoms with van der Waals surface area (Å²) in [5.74, 6) is 0. The maximum atomic E-state index is 8.63. The van der Waals surface area contributed by atoms with Crippen LogP contribution >= 0.6 is 0 Å². The predicted octanol–water partition coefficient (Wildman–Crippen LogP) is -1.06. The third kappa shape index (κ3) is 91.9. The van der Waals surface area contributed by atoms with Gasteiger partial charge in [-0.2, -0.15) is 0 Å². The van der Waals surface area contributed by atoms with E-state index in [1.54, 1.807) is 13.5 Å². The second-order valence-electron chi connectivity index (χ2n) is 1.73. The molecule has 0 spiro atoms. The fraction of sp³-hybridized carbons (Fsp3) is 0.750. The van der Waals surface area contributed by atoms with Crippen molar-refractivity contribution in [2.45, 2.75) is 0 Å². The van der Waals surface area contributed by atoms with Gasteiger partial charge in [0.2, 0.25) is 10.4 Å². The van der Waals surface area contributed by atoms with Crippen LogP contribution in [-0.2, 0) is 15.1 Å². The van der Waals surface area contributed by atoms with E-state index in [2.05, 4.69) is 4.74 Å². The Morgan fingerprint density at radius 3 is 1.82 bits per heavy atom. The first-order valence-electron chi connectivity index (χ1n) is 2.48. The first-order valence-corrected chi connectivity index (χ1v) is 3.84. The first kappa shape index (κ1) is 13.0. The zero-order chi connectivity index (χ0) is 9.49. The SMILES string of the molecule is COC=[N+](C)C.O=S(=O)([O-])O. The quantitative estimate of drug-likeness (QED) is 0.185. The Hall–Kier alpha value is -0.660. The van der Waals surface area contributed by atoms with Crippen LogP contribution in [0.5, 0.6) is 0 Å². The third-order valence-corrected chi connectivity index (χ3v) is 0.316. The van der Waals surface area contributed by atoms with E-state index < -0.39 is 10.4 Å². The van der Waals surface area contributed by atoms with E-state index in [1.165, 1.54) is 0 Å². The minimum Gasteiger partial charge on any atom is -0.726 e. The molecule has 6 nitrogen and oxygen atoms in total. The summed E-state index contributed by atoms with van der Waals surface area (Å²) in [6.45, 7) is 0. The minimum absolute atomic E-state index is 1.62. The van der Waals surface area contributed by atoms with E-state index in [1.807, 2.05) is 18.7 Å². The summed E-state index contributed by atoms with van der Waals surface area (Å²) in [6.07, 6.45) is 1.62. The Labute approximate surface area is 65.7 Å². The van der Waals surface area contributed by atoms with Crippen molar-refractivity contribution in [3.8, 4) is 0 Å². The molecule has 0 rings (SSSR count). The monoisotopic (exact) mass is 185 g/mol. The van der Waals surface area contributed by atoms with E-state index >= 15 is 0 Å². The lowest BCUT2D eigenvalue weighted by Gasteiger charge is -1.88. The zero-order valence-electron chi connectivity index (χ0n) is 6.51. The number of hydrogen-bond acceptors (Lipinski definition) is 4. The molecule has 0 saturated carbocycles. The molecule has 0 aliphatic carbocycles. The molecule has 0 aliphatic heterocycles. The van der Waals surface area contributed by atoms with Gasteiger partial charge in [0.05, 0.1) is 7.11 Å². The van der Waals surface area contributed by atoms with Gasteiger partial charge in [0.15, 0.2) is 0 Å². The van der Waals surface area contributed by atoms with Crippen molar-refractivity contribution >= 4 is 16.8 Å². The molecular weight excluding hydrogens is 174 g/mol. The lowest BCUT2D eigenvalue weighted by molar-refractivity contribution is -0.467. The van der Waals surface area contributed by atoms with Crippen LogP contribution in [0.2, 0.25) is 0 Å². The highest BCUT2D eigenvalue weighted by molar-refractivity contribution is 7.79. The summed E-state index contributed by atoms with van der Waals surface area (Å²) in [5.41, 5.74) is 0. The molecule has 7 heteroatoms. The highest BCUT2D eigenvalue weighted by atomic mass is 32.3. The molecule has 0 aromatic rings. The van der Waals surface area contributed by atoms with Crippen molar-refractivity contribution in [3.63, 3.8) is 0 Å². The smallest absolute Gasteiger partial charge is 0.322 e. The second kappa shape index (κ2) is 6.08. The minimum atomic E-state index is -4.92. The average Bonchev–Trinajstić information content (AvgIpc) is 1.58.